The number of nitrogens with zero attached hydrogens (tertiary/aromatic N) is 1. The lowest BCUT2D eigenvalue weighted by Gasteiger charge is -2.32. The second kappa shape index (κ2) is 7.75. The monoisotopic (exact) mass is 311 g/mol. The second-order valence-electron chi connectivity index (χ2n) is 5.32. The summed E-state index contributed by atoms with van der Waals surface area (Å²) in [7, 11) is 1.90. The summed E-state index contributed by atoms with van der Waals surface area (Å²) in [6.45, 7) is 5.30. The Hall–Kier alpha value is -1.14. The first-order valence-corrected chi connectivity index (χ1v) is 7.51. The van der Waals surface area contributed by atoms with E-state index >= 15 is 0 Å². The highest BCUT2D eigenvalue weighted by Crippen LogP contribution is 2.22. The number of amides is 1. The Morgan fingerprint density at radius 2 is 2.33 bits per heavy atom. The molecule has 0 bridgehead atoms. The highest BCUT2D eigenvalue weighted by Gasteiger charge is 2.21. The Morgan fingerprint density at radius 1 is 1.52 bits per heavy atom. The number of aryl methyl sites for hydroxylation is 1. The van der Waals surface area contributed by atoms with Crippen molar-refractivity contribution in [2.24, 2.45) is 0 Å². The summed E-state index contributed by atoms with van der Waals surface area (Å²) in [6, 6.07) is 5.60. The van der Waals surface area contributed by atoms with Gasteiger partial charge in [-0.15, -0.1) is 0 Å². The van der Waals surface area contributed by atoms with E-state index in [9.17, 15) is 4.79 Å². The molecule has 21 heavy (non-hydrogen) atoms. The molecule has 0 saturated carbocycles. The van der Waals surface area contributed by atoms with E-state index in [0.717, 1.165) is 25.2 Å². The smallest absolute Gasteiger partial charge is 0.238 e. The highest BCUT2D eigenvalue weighted by molar-refractivity contribution is 6.33. The number of halogens is 1. The number of benzene rings is 1. The Morgan fingerprint density at radius 3 is 3.05 bits per heavy atom. The van der Waals surface area contributed by atoms with Gasteiger partial charge in [0.2, 0.25) is 5.91 Å². The first kappa shape index (κ1) is 16.2. The molecule has 1 unspecified atom stereocenters. The van der Waals surface area contributed by atoms with Crippen molar-refractivity contribution < 1.29 is 9.53 Å². The summed E-state index contributed by atoms with van der Waals surface area (Å²) < 4.78 is 5.62. The van der Waals surface area contributed by atoms with Crippen LogP contribution in [-0.4, -0.2) is 56.7 Å². The first-order chi connectivity index (χ1) is 10.1. The molecule has 1 aliphatic rings. The number of hydrogen-bond donors (Lipinski definition) is 2. The predicted molar refractivity (Wildman–Crippen MR) is 84.9 cm³/mol. The van der Waals surface area contributed by atoms with Crippen LogP contribution in [0.15, 0.2) is 18.2 Å². The fourth-order valence-electron chi connectivity index (χ4n) is 2.39. The zero-order valence-electron chi connectivity index (χ0n) is 12.5. The largest absolute Gasteiger partial charge is 0.374 e. The minimum atomic E-state index is -0.0501. The van der Waals surface area contributed by atoms with E-state index in [4.69, 9.17) is 16.3 Å². The van der Waals surface area contributed by atoms with Crippen molar-refractivity contribution in [3.63, 3.8) is 0 Å². The molecule has 1 aliphatic heterocycles. The number of morpholine rings is 1. The van der Waals surface area contributed by atoms with E-state index in [2.05, 4.69) is 15.5 Å². The van der Waals surface area contributed by atoms with Gasteiger partial charge in [-0.05, 0) is 31.7 Å². The molecule has 116 valence electrons. The van der Waals surface area contributed by atoms with E-state index in [1.54, 1.807) is 0 Å². The molecule has 0 aromatic heterocycles. The molecule has 1 atom stereocenters. The summed E-state index contributed by atoms with van der Waals surface area (Å²) in [5, 5.41) is 6.52. The van der Waals surface area contributed by atoms with E-state index in [0.29, 0.717) is 23.9 Å². The second-order valence-corrected chi connectivity index (χ2v) is 5.72. The first-order valence-electron chi connectivity index (χ1n) is 7.13. The number of hydrogen-bond acceptors (Lipinski definition) is 4. The number of rotatable bonds is 5. The lowest BCUT2D eigenvalue weighted by atomic mass is 10.2. The van der Waals surface area contributed by atoms with Gasteiger partial charge in [0.15, 0.2) is 0 Å². The van der Waals surface area contributed by atoms with Crippen molar-refractivity contribution in [2.75, 3.05) is 45.2 Å². The van der Waals surface area contributed by atoms with E-state index in [-0.39, 0.29) is 12.0 Å². The summed E-state index contributed by atoms with van der Waals surface area (Å²) in [5.41, 5.74) is 1.73. The van der Waals surface area contributed by atoms with E-state index in [1.807, 2.05) is 32.2 Å². The molecular formula is C15H22ClN3O2. The van der Waals surface area contributed by atoms with E-state index in [1.165, 1.54) is 0 Å². The van der Waals surface area contributed by atoms with Crippen molar-refractivity contribution in [1.82, 2.24) is 10.2 Å². The summed E-state index contributed by atoms with van der Waals surface area (Å²) in [4.78, 5) is 14.2. The van der Waals surface area contributed by atoms with E-state index < -0.39 is 0 Å². The molecule has 0 aliphatic carbocycles. The average Bonchev–Trinajstić information content (AvgIpc) is 2.43. The van der Waals surface area contributed by atoms with Crippen LogP contribution in [0.2, 0.25) is 5.02 Å². The molecule has 1 fully saturated rings. The van der Waals surface area contributed by atoms with Gasteiger partial charge in [0.1, 0.15) is 0 Å². The molecule has 5 nitrogen and oxygen atoms in total. The van der Waals surface area contributed by atoms with Crippen molar-refractivity contribution in [3.8, 4) is 0 Å². The minimum absolute atomic E-state index is 0.0501. The lowest BCUT2D eigenvalue weighted by Crippen LogP contribution is -2.48. The van der Waals surface area contributed by atoms with Crippen molar-refractivity contribution in [2.45, 2.75) is 13.0 Å². The van der Waals surface area contributed by atoms with Gasteiger partial charge in [0, 0.05) is 19.6 Å². The lowest BCUT2D eigenvalue weighted by molar-refractivity contribution is -0.119. The summed E-state index contributed by atoms with van der Waals surface area (Å²) in [5.74, 6) is -0.0501. The molecule has 2 N–H and O–H groups in total. The Bertz CT molecular complexity index is 494. The number of ether oxygens (including phenoxy) is 1. The quantitative estimate of drug-likeness (QED) is 0.865. The third-order valence-electron chi connectivity index (χ3n) is 3.42. The number of carbonyl (C=O) groups is 1. The van der Waals surface area contributed by atoms with Gasteiger partial charge in [-0.25, -0.2) is 0 Å². The molecule has 1 aromatic rings. The van der Waals surface area contributed by atoms with Crippen LogP contribution in [0, 0.1) is 6.92 Å². The van der Waals surface area contributed by atoms with Crippen LogP contribution in [0.4, 0.5) is 5.69 Å². The average molecular weight is 312 g/mol. The minimum Gasteiger partial charge on any atom is -0.374 e. The molecule has 2 rings (SSSR count). The topological polar surface area (TPSA) is 53.6 Å². The molecular weight excluding hydrogens is 290 g/mol. The number of carbonyl (C=O) groups excluding carboxylic acids is 1. The third-order valence-corrected chi connectivity index (χ3v) is 3.73. The van der Waals surface area contributed by atoms with Gasteiger partial charge in [-0.3, -0.25) is 9.69 Å². The third kappa shape index (κ3) is 4.97. The van der Waals surface area contributed by atoms with Gasteiger partial charge in [-0.1, -0.05) is 17.7 Å². The van der Waals surface area contributed by atoms with Gasteiger partial charge in [0.25, 0.3) is 0 Å². The van der Waals surface area contributed by atoms with Crippen LogP contribution >= 0.6 is 11.6 Å². The van der Waals surface area contributed by atoms with Crippen molar-refractivity contribution in [1.29, 1.82) is 0 Å². The Balaban J connectivity index is 1.86. The standard InChI is InChI=1S/C15H22ClN3O2/c1-11-3-4-14(13(16)7-11)18-15(20)10-19-5-6-21-12(9-19)8-17-2/h3-4,7,12,17H,5-6,8-10H2,1-2H3,(H,18,20). The Labute approximate surface area is 130 Å². The van der Waals surface area contributed by atoms with Crippen molar-refractivity contribution >= 4 is 23.2 Å². The zero-order valence-corrected chi connectivity index (χ0v) is 13.2. The fraction of sp³-hybridized carbons (Fsp3) is 0.533. The van der Waals surface area contributed by atoms with Gasteiger partial charge in [0.05, 0.1) is 30.0 Å². The molecule has 0 spiro atoms. The summed E-state index contributed by atoms with van der Waals surface area (Å²) in [6.07, 6.45) is 0.138. The maximum Gasteiger partial charge on any atom is 0.238 e. The van der Waals surface area contributed by atoms with Crippen LogP contribution < -0.4 is 10.6 Å². The van der Waals surface area contributed by atoms with Crippen LogP contribution in [0.1, 0.15) is 5.56 Å². The number of nitrogens with one attached hydrogen (secondary N) is 2. The predicted octanol–water partition coefficient (Wildman–Crippen LogP) is 1.51. The fourth-order valence-corrected chi connectivity index (χ4v) is 2.67. The molecule has 1 heterocycles. The maximum atomic E-state index is 12.1. The van der Waals surface area contributed by atoms with Gasteiger partial charge in [-0.2, -0.15) is 0 Å². The molecule has 1 saturated heterocycles. The molecule has 1 amide bonds. The number of likely N-dealkylation sites (N-methyl/N-ethyl adjacent to an activating group) is 1. The van der Waals surface area contributed by atoms with Crippen molar-refractivity contribution in [3.05, 3.63) is 28.8 Å². The SMILES string of the molecule is CNCC1CN(CC(=O)Nc2ccc(C)cc2Cl)CCO1. The molecule has 6 heteroatoms. The molecule has 1 aromatic carbocycles. The van der Waals surface area contributed by atoms with Gasteiger partial charge < -0.3 is 15.4 Å². The molecule has 0 radical (unpaired) electrons. The normalized spacial score (nSPS) is 19.5. The number of anilines is 1. The van der Waals surface area contributed by atoms with Gasteiger partial charge >= 0.3 is 0 Å². The van der Waals surface area contributed by atoms with Crippen LogP contribution in [-0.2, 0) is 9.53 Å². The van der Waals surface area contributed by atoms with Crippen LogP contribution in [0.3, 0.4) is 0 Å². The summed E-state index contributed by atoms with van der Waals surface area (Å²) >= 11 is 6.12. The van der Waals surface area contributed by atoms with Crippen LogP contribution in [0.25, 0.3) is 0 Å². The van der Waals surface area contributed by atoms with Crippen LogP contribution in [0.5, 0.6) is 0 Å². The Kier molecular flexibility index (Phi) is 5.99. The zero-order chi connectivity index (χ0) is 15.2. The maximum absolute atomic E-state index is 12.1. The highest BCUT2D eigenvalue weighted by atomic mass is 35.5.